The van der Waals surface area contributed by atoms with Gasteiger partial charge in [0.05, 0.1) is 5.69 Å². The number of rotatable bonds is 3. The zero-order chi connectivity index (χ0) is 15.8. The van der Waals surface area contributed by atoms with Crippen LogP contribution in [0.5, 0.6) is 0 Å². The number of hydrogen-bond donors (Lipinski definition) is 1. The van der Waals surface area contributed by atoms with E-state index in [1.54, 1.807) is 0 Å². The lowest BCUT2D eigenvalue weighted by molar-refractivity contribution is -0.133. The predicted molar refractivity (Wildman–Crippen MR) is 85.5 cm³/mol. The van der Waals surface area contributed by atoms with E-state index in [4.69, 9.17) is 0 Å². The molecule has 0 bridgehead atoms. The number of likely N-dealkylation sites (tertiary alicyclic amines) is 1. The Kier molecular flexibility index (Phi) is 3.52. The maximum absolute atomic E-state index is 12.3. The van der Waals surface area contributed by atoms with E-state index >= 15 is 0 Å². The molecule has 1 atom stereocenters. The number of carbonyl (C=O) groups excluding carboxylic acids is 1. The molecule has 4 rings (SSSR count). The minimum absolute atomic E-state index is 0.115. The van der Waals surface area contributed by atoms with Gasteiger partial charge in [0, 0.05) is 24.9 Å². The van der Waals surface area contributed by atoms with Gasteiger partial charge in [0.25, 0.3) is 0 Å². The molecule has 2 fully saturated rings. The Balaban J connectivity index is 1.56. The van der Waals surface area contributed by atoms with E-state index < -0.39 is 0 Å². The molecule has 1 unspecified atom stereocenters. The highest BCUT2D eigenvalue weighted by molar-refractivity contribution is 5.81. The molecule has 1 aliphatic heterocycles. The minimum Gasteiger partial charge on any atom is -0.342 e. The third-order valence-electron chi connectivity index (χ3n) is 4.68. The fourth-order valence-electron chi connectivity index (χ4n) is 3.26. The van der Waals surface area contributed by atoms with E-state index in [1.807, 2.05) is 35.2 Å². The van der Waals surface area contributed by atoms with Crippen molar-refractivity contribution in [3.05, 3.63) is 46.6 Å². The minimum atomic E-state index is -0.225. The van der Waals surface area contributed by atoms with Crippen molar-refractivity contribution in [1.82, 2.24) is 19.7 Å². The van der Waals surface area contributed by atoms with Crippen LogP contribution in [-0.2, 0) is 4.79 Å². The van der Waals surface area contributed by atoms with Gasteiger partial charge < -0.3 is 4.90 Å². The van der Waals surface area contributed by atoms with Crippen molar-refractivity contribution in [1.29, 1.82) is 0 Å². The molecule has 1 aliphatic carbocycles. The molecule has 6 nitrogen and oxygen atoms in total. The van der Waals surface area contributed by atoms with Gasteiger partial charge in [-0.3, -0.25) is 9.78 Å². The van der Waals surface area contributed by atoms with E-state index in [0.29, 0.717) is 12.4 Å². The van der Waals surface area contributed by atoms with Gasteiger partial charge in [0.2, 0.25) is 5.91 Å². The Morgan fingerprint density at radius 3 is 2.70 bits per heavy atom. The predicted octanol–water partition coefficient (Wildman–Crippen LogP) is 1.68. The molecule has 2 aromatic rings. The van der Waals surface area contributed by atoms with Gasteiger partial charge in [-0.25, -0.2) is 4.79 Å². The number of nitrogens with one attached hydrogen (secondary N) is 1. The van der Waals surface area contributed by atoms with Crippen LogP contribution < -0.4 is 5.69 Å². The van der Waals surface area contributed by atoms with Gasteiger partial charge in [-0.05, 0) is 37.8 Å². The number of para-hydroxylation sites is 1. The van der Waals surface area contributed by atoms with E-state index in [-0.39, 0.29) is 23.4 Å². The third kappa shape index (κ3) is 2.81. The molecule has 0 spiro atoms. The Morgan fingerprint density at radius 2 is 1.96 bits per heavy atom. The summed E-state index contributed by atoms with van der Waals surface area (Å²) in [5.41, 5.74) is 0.526. The summed E-state index contributed by atoms with van der Waals surface area (Å²) in [6.45, 7) is 1.49. The van der Waals surface area contributed by atoms with Crippen LogP contribution in [0.1, 0.15) is 37.4 Å². The largest absolute Gasteiger partial charge is 0.348 e. The van der Waals surface area contributed by atoms with E-state index in [2.05, 4.69) is 10.1 Å². The maximum atomic E-state index is 12.3. The SMILES string of the molecule is O=C(C1CC1)N1CCCC(c2nn(-c3ccccc3)c(=O)[nH]2)C1. The topological polar surface area (TPSA) is 71.0 Å². The monoisotopic (exact) mass is 312 g/mol. The van der Waals surface area contributed by atoms with Crippen molar-refractivity contribution in [2.45, 2.75) is 31.6 Å². The van der Waals surface area contributed by atoms with E-state index in [1.165, 1.54) is 4.68 Å². The molecular formula is C17H20N4O2. The zero-order valence-corrected chi connectivity index (χ0v) is 12.9. The average molecular weight is 312 g/mol. The van der Waals surface area contributed by atoms with Crippen LogP contribution in [0.2, 0.25) is 0 Å². The molecule has 2 heterocycles. The molecule has 120 valence electrons. The lowest BCUT2D eigenvalue weighted by atomic mass is 9.97. The number of aromatic amines is 1. The number of amides is 1. The second-order valence-electron chi connectivity index (χ2n) is 6.46. The number of nitrogens with zero attached hydrogens (tertiary/aromatic N) is 3. The number of aromatic nitrogens is 3. The Labute approximate surface area is 134 Å². The highest BCUT2D eigenvalue weighted by Crippen LogP contribution is 2.33. The Bertz CT molecular complexity index is 760. The Morgan fingerprint density at radius 1 is 1.17 bits per heavy atom. The summed E-state index contributed by atoms with van der Waals surface area (Å²) in [7, 11) is 0. The summed E-state index contributed by atoms with van der Waals surface area (Å²) in [6, 6.07) is 9.38. The summed E-state index contributed by atoms with van der Waals surface area (Å²) < 4.78 is 1.40. The summed E-state index contributed by atoms with van der Waals surface area (Å²) in [4.78, 5) is 29.3. The van der Waals surface area contributed by atoms with Crippen LogP contribution in [0.4, 0.5) is 0 Å². The molecule has 1 aromatic heterocycles. The standard InChI is InChI=1S/C17H20N4O2/c22-16(12-8-9-12)20-10-4-5-13(11-20)15-18-17(23)21(19-15)14-6-2-1-3-7-14/h1-3,6-7,12-13H,4-5,8-11H2,(H,18,19,23). The fraction of sp³-hybridized carbons (Fsp3) is 0.471. The first-order valence-corrected chi connectivity index (χ1v) is 8.26. The number of carbonyl (C=O) groups is 1. The van der Waals surface area contributed by atoms with Crippen molar-refractivity contribution in [3.8, 4) is 5.69 Å². The first kappa shape index (κ1) is 14.2. The molecule has 6 heteroatoms. The van der Waals surface area contributed by atoms with Crippen molar-refractivity contribution >= 4 is 5.91 Å². The fourth-order valence-corrected chi connectivity index (χ4v) is 3.26. The number of piperidine rings is 1. The molecule has 1 saturated heterocycles. The summed E-state index contributed by atoms with van der Waals surface area (Å²) in [5.74, 6) is 1.32. The second-order valence-corrected chi connectivity index (χ2v) is 6.46. The van der Waals surface area contributed by atoms with Gasteiger partial charge in [0.1, 0.15) is 5.82 Å². The third-order valence-corrected chi connectivity index (χ3v) is 4.68. The van der Waals surface area contributed by atoms with Gasteiger partial charge in [-0.2, -0.15) is 4.68 Å². The van der Waals surface area contributed by atoms with Crippen molar-refractivity contribution in [2.24, 2.45) is 5.92 Å². The highest BCUT2D eigenvalue weighted by atomic mass is 16.2. The second kappa shape index (κ2) is 5.68. The number of H-pyrrole nitrogens is 1. The first-order valence-electron chi connectivity index (χ1n) is 8.26. The molecule has 1 amide bonds. The van der Waals surface area contributed by atoms with Gasteiger partial charge >= 0.3 is 5.69 Å². The molecule has 2 aliphatic rings. The Hall–Kier alpha value is -2.37. The molecule has 1 saturated carbocycles. The van der Waals surface area contributed by atoms with Crippen molar-refractivity contribution in [2.75, 3.05) is 13.1 Å². The lowest BCUT2D eigenvalue weighted by Gasteiger charge is -2.31. The zero-order valence-electron chi connectivity index (χ0n) is 12.9. The molecule has 23 heavy (non-hydrogen) atoms. The molecule has 1 N–H and O–H groups in total. The van der Waals surface area contributed by atoms with Crippen LogP contribution >= 0.6 is 0 Å². The number of hydrogen-bond acceptors (Lipinski definition) is 3. The van der Waals surface area contributed by atoms with Gasteiger partial charge in [-0.1, -0.05) is 18.2 Å². The van der Waals surface area contributed by atoms with Gasteiger partial charge in [-0.15, -0.1) is 5.10 Å². The van der Waals surface area contributed by atoms with Gasteiger partial charge in [0.15, 0.2) is 0 Å². The van der Waals surface area contributed by atoms with Crippen LogP contribution in [0.15, 0.2) is 35.1 Å². The summed E-state index contributed by atoms with van der Waals surface area (Å²) in [5, 5.41) is 4.47. The van der Waals surface area contributed by atoms with Crippen molar-refractivity contribution < 1.29 is 4.79 Å². The van der Waals surface area contributed by atoms with Crippen molar-refractivity contribution in [3.63, 3.8) is 0 Å². The molecular weight excluding hydrogens is 292 g/mol. The molecule has 1 aromatic carbocycles. The quantitative estimate of drug-likeness (QED) is 0.937. The summed E-state index contributed by atoms with van der Waals surface area (Å²) in [6.07, 6.45) is 3.97. The van der Waals surface area contributed by atoms with E-state index in [9.17, 15) is 9.59 Å². The lowest BCUT2D eigenvalue weighted by Crippen LogP contribution is -2.40. The van der Waals surface area contributed by atoms with Crippen LogP contribution in [0, 0.1) is 5.92 Å². The smallest absolute Gasteiger partial charge is 0.342 e. The van der Waals surface area contributed by atoms with Crippen LogP contribution in [0.25, 0.3) is 5.69 Å². The van der Waals surface area contributed by atoms with Crippen LogP contribution in [-0.4, -0.2) is 38.7 Å². The van der Waals surface area contributed by atoms with Crippen LogP contribution in [0.3, 0.4) is 0 Å². The first-order chi connectivity index (χ1) is 11.2. The number of benzene rings is 1. The average Bonchev–Trinajstić information content (AvgIpc) is 3.37. The normalized spacial score (nSPS) is 21.4. The van der Waals surface area contributed by atoms with E-state index in [0.717, 1.165) is 37.9 Å². The summed E-state index contributed by atoms with van der Waals surface area (Å²) >= 11 is 0. The maximum Gasteiger partial charge on any atom is 0.348 e. The highest BCUT2D eigenvalue weighted by Gasteiger charge is 2.36. The molecule has 0 radical (unpaired) electrons.